The number of halogens is 2. The van der Waals surface area contributed by atoms with Crippen molar-refractivity contribution in [1.29, 1.82) is 0 Å². The Labute approximate surface area is 204 Å². The smallest absolute Gasteiger partial charge is 0.311 e. The number of pyridine rings is 1. The summed E-state index contributed by atoms with van der Waals surface area (Å²) in [6, 6.07) is 17.8. The molecule has 0 spiro atoms. The third-order valence-electron chi connectivity index (χ3n) is 6.20. The Morgan fingerprint density at radius 3 is 2.79 bits per heavy atom. The lowest BCUT2D eigenvalue weighted by Gasteiger charge is -2.33. The molecular formula is C28H25Cl2NO2. The molecule has 33 heavy (non-hydrogen) atoms. The fourth-order valence-electron chi connectivity index (χ4n) is 4.22. The third kappa shape index (κ3) is 5.55. The van der Waals surface area contributed by atoms with Gasteiger partial charge in [-0.05, 0) is 48.2 Å². The molecule has 0 fully saturated rings. The van der Waals surface area contributed by atoms with E-state index < -0.39 is 17.3 Å². The summed E-state index contributed by atoms with van der Waals surface area (Å²) in [6.07, 6.45) is 12.8. The van der Waals surface area contributed by atoms with Crippen molar-refractivity contribution in [2.75, 3.05) is 0 Å². The summed E-state index contributed by atoms with van der Waals surface area (Å²) in [5.74, 6) is -1.34. The zero-order valence-corrected chi connectivity index (χ0v) is 19.8. The lowest BCUT2D eigenvalue weighted by molar-refractivity contribution is -0.143. The number of carboxylic acids is 1. The molecule has 3 unspecified atom stereocenters. The summed E-state index contributed by atoms with van der Waals surface area (Å²) in [5.41, 5.74) is 3.31. The second kappa shape index (κ2) is 9.94. The lowest BCUT2D eigenvalue weighted by Crippen LogP contribution is -2.32. The van der Waals surface area contributed by atoms with E-state index in [2.05, 4.69) is 11.1 Å². The van der Waals surface area contributed by atoms with Crippen LogP contribution < -0.4 is 0 Å². The molecule has 0 amide bonds. The number of allylic oxidation sites excluding steroid dienone is 3. The molecule has 0 saturated carbocycles. The zero-order valence-electron chi connectivity index (χ0n) is 18.3. The van der Waals surface area contributed by atoms with E-state index in [0.29, 0.717) is 17.9 Å². The van der Waals surface area contributed by atoms with Crippen LogP contribution in [0.4, 0.5) is 0 Å². The fourth-order valence-corrected chi connectivity index (χ4v) is 4.63. The zero-order chi connectivity index (χ0) is 23.4. The summed E-state index contributed by atoms with van der Waals surface area (Å²) in [7, 11) is 0. The Kier molecular flexibility index (Phi) is 7.02. The number of alkyl halides is 1. The number of carboxylic acid groups (broad SMARTS) is 1. The molecule has 0 radical (unpaired) electrons. The normalized spacial score (nSPS) is 21.0. The van der Waals surface area contributed by atoms with Crippen molar-refractivity contribution in [3.05, 3.63) is 101 Å². The second-order valence-corrected chi connectivity index (χ2v) is 9.61. The molecule has 1 heterocycles. The molecule has 1 aliphatic rings. The number of benzene rings is 2. The maximum absolute atomic E-state index is 11.7. The Morgan fingerprint density at radius 1 is 1.15 bits per heavy atom. The van der Waals surface area contributed by atoms with Crippen molar-refractivity contribution < 1.29 is 9.90 Å². The highest BCUT2D eigenvalue weighted by Crippen LogP contribution is 2.41. The predicted molar refractivity (Wildman–Crippen MR) is 137 cm³/mol. The molecule has 3 nitrogen and oxygen atoms in total. The molecule has 3 atom stereocenters. The Bertz CT molecular complexity index is 1260. The summed E-state index contributed by atoms with van der Waals surface area (Å²) >= 11 is 12.8. The quantitative estimate of drug-likeness (QED) is 0.351. The average Bonchev–Trinajstić information content (AvgIpc) is 2.81. The first-order valence-electron chi connectivity index (χ1n) is 10.9. The molecule has 2 aromatic carbocycles. The lowest BCUT2D eigenvalue weighted by atomic mass is 9.71. The maximum atomic E-state index is 11.7. The van der Waals surface area contributed by atoms with Gasteiger partial charge < -0.3 is 5.11 Å². The van der Waals surface area contributed by atoms with Gasteiger partial charge in [-0.15, -0.1) is 11.6 Å². The van der Waals surface area contributed by atoms with Crippen LogP contribution in [0.5, 0.6) is 0 Å². The molecule has 3 aromatic rings. The first-order valence-corrected chi connectivity index (χ1v) is 11.7. The number of fused-ring (bicyclic) bond motifs is 1. The minimum Gasteiger partial charge on any atom is -0.481 e. The Morgan fingerprint density at radius 2 is 1.97 bits per heavy atom. The van der Waals surface area contributed by atoms with Gasteiger partial charge in [-0.2, -0.15) is 0 Å². The summed E-state index contributed by atoms with van der Waals surface area (Å²) in [6.45, 7) is 1.98. The van der Waals surface area contributed by atoms with Gasteiger partial charge in [-0.25, -0.2) is 4.98 Å². The largest absolute Gasteiger partial charge is 0.481 e. The number of nitrogens with zero attached hydrogens (tertiary/aromatic N) is 1. The number of aliphatic carboxylic acids is 1. The summed E-state index contributed by atoms with van der Waals surface area (Å²) in [4.78, 5) is 16.3. The van der Waals surface area contributed by atoms with E-state index in [1.807, 2.05) is 79.8 Å². The van der Waals surface area contributed by atoms with Crippen molar-refractivity contribution in [2.45, 2.75) is 25.1 Å². The SMILES string of the molecule is CC1(CCC(Cl)c2cccc(/C=C/c3ccc4ccc(Cl)cc4n3)c2)C=CC=CC1C(=O)O. The van der Waals surface area contributed by atoms with Crippen molar-refractivity contribution in [3.8, 4) is 0 Å². The van der Waals surface area contributed by atoms with Gasteiger partial charge in [0.05, 0.1) is 22.5 Å². The van der Waals surface area contributed by atoms with E-state index >= 15 is 0 Å². The van der Waals surface area contributed by atoms with Gasteiger partial charge in [-0.1, -0.05) is 85.3 Å². The molecule has 1 aliphatic carbocycles. The first-order chi connectivity index (χ1) is 15.8. The number of hydrogen-bond donors (Lipinski definition) is 1. The van der Waals surface area contributed by atoms with Crippen LogP contribution in [0, 0.1) is 11.3 Å². The summed E-state index contributed by atoms with van der Waals surface area (Å²) in [5, 5.41) is 11.1. The van der Waals surface area contributed by atoms with Crippen molar-refractivity contribution >= 4 is 52.2 Å². The minimum atomic E-state index is -0.805. The third-order valence-corrected chi connectivity index (χ3v) is 6.90. The van der Waals surface area contributed by atoms with Crippen LogP contribution >= 0.6 is 23.2 Å². The molecule has 0 aliphatic heterocycles. The molecule has 0 bridgehead atoms. The van der Waals surface area contributed by atoms with Crippen molar-refractivity contribution in [3.63, 3.8) is 0 Å². The molecular weight excluding hydrogens is 453 g/mol. The standard InChI is InChI=1S/C28H25Cl2NO2/c1-28(15-3-2-7-24(28)27(32)33)16-14-25(30)21-6-4-5-19(17-21)8-12-23-13-10-20-9-11-22(29)18-26(20)31-23/h2-13,15,17-18,24-25H,14,16H2,1H3,(H,32,33)/b12-8+. The van der Waals surface area contributed by atoms with E-state index in [1.54, 1.807) is 12.2 Å². The molecule has 1 N–H and O–H groups in total. The molecule has 168 valence electrons. The summed E-state index contributed by atoms with van der Waals surface area (Å²) < 4.78 is 0. The predicted octanol–water partition coefficient (Wildman–Crippen LogP) is 7.95. The average molecular weight is 478 g/mol. The van der Waals surface area contributed by atoms with Gasteiger partial charge in [0, 0.05) is 15.8 Å². The fraction of sp³-hybridized carbons (Fsp3) is 0.214. The molecule has 5 heteroatoms. The van der Waals surface area contributed by atoms with Crippen LogP contribution in [-0.4, -0.2) is 16.1 Å². The molecule has 4 rings (SSSR count). The minimum absolute atomic E-state index is 0.204. The monoisotopic (exact) mass is 477 g/mol. The van der Waals surface area contributed by atoms with Gasteiger partial charge >= 0.3 is 5.97 Å². The van der Waals surface area contributed by atoms with E-state index in [-0.39, 0.29) is 5.38 Å². The Hall–Kier alpha value is -2.88. The highest BCUT2D eigenvalue weighted by atomic mass is 35.5. The number of rotatable bonds is 7. The van der Waals surface area contributed by atoms with Gasteiger partial charge in [0.25, 0.3) is 0 Å². The van der Waals surface area contributed by atoms with Crippen LogP contribution in [0.3, 0.4) is 0 Å². The van der Waals surface area contributed by atoms with Crippen LogP contribution in [0.2, 0.25) is 5.02 Å². The van der Waals surface area contributed by atoms with Gasteiger partial charge in [0.2, 0.25) is 0 Å². The van der Waals surface area contributed by atoms with E-state index in [9.17, 15) is 9.90 Å². The highest BCUT2D eigenvalue weighted by molar-refractivity contribution is 6.31. The molecule has 1 aromatic heterocycles. The van der Waals surface area contributed by atoms with Crippen LogP contribution in [0.25, 0.3) is 23.1 Å². The van der Waals surface area contributed by atoms with Crippen LogP contribution in [0.15, 0.2) is 78.9 Å². The van der Waals surface area contributed by atoms with E-state index in [4.69, 9.17) is 23.2 Å². The van der Waals surface area contributed by atoms with Gasteiger partial charge in [0.15, 0.2) is 0 Å². The number of aromatic nitrogens is 1. The van der Waals surface area contributed by atoms with Crippen molar-refractivity contribution in [2.24, 2.45) is 11.3 Å². The van der Waals surface area contributed by atoms with Gasteiger partial charge in [-0.3, -0.25) is 4.79 Å². The Balaban J connectivity index is 1.45. The first kappa shape index (κ1) is 23.3. The van der Waals surface area contributed by atoms with Crippen LogP contribution in [-0.2, 0) is 4.79 Å². The van der Waals surface area contributed by atoms with E-state index in [0.717, 1.165) is 27.7 Å². The van der Waals surface area contributed by atoms with E-state index in [1.165, 1.54) is 0 Å². The number of hydrogen-bond acceptors (Lipinski definition) is 2. The maximum Gasteiger partial charge on any atom is 0.311 e. The van der Waals surface area contributed by atoms with Gasteiger partial charge in [0.1, 0.15) is 0 Å². The topological polar surface area (TPSA) is 50.2 Å². The molecule has 0 saturated heterocycles. The number of carbonyl (C=O) groups is 1. The van der Waals surface area contributed by atoms with Crippen LogP contribution in [0.1, 0.15) is 42.0 Å². The second-order valence-electron chi connectivity index (χ2n) is 8.65. The van der Waals surface area contributed by atoms with Crippen molar-refractivity contribution in [1.82, 2.24) is 4.98 Å². The highest BCUT2D eigenvalue weighted by Gasteiger charge is 2.36.